The van der Waals surface area contributed by atoms with Crippen LogP contribution in [0.5, 0.6) is 0 Å². The second-order valence-corrected chi connectivity index (χ2v) is 41.1. The van der Waals surface area contributed by atoms with E-state index in [1.165, 1.54) is 57.3 Å². The number of nitrogens with one attached hydrogen (secondary N) is 21. The molecule has 4 bridgehead atoms. The highest BCUT2D eigenvalue weighted by Gasteiger charge is 2.44. The van der Waals surface area contributed by atoms with E-state index in [0.29, 0.717) is 0 Å². The molecule has 32 N–H and O–H groups in total. The Kier molecular flexibility index (Phi) is 52.2. The van der Waals surface area contributed by atoms with E-state index in [0.717, 1.165) is 62.1 Å². The van der Waals surface area contributed by atoms with Gasteiger partial charge in [0.15, 0.2) is 11.9 Å². The van der Waals surface area contributed by atoms with Crippen LogP contribution in [0, 0.1) is 40.3 Å². The molecule has 1 aromatic heterocycles. The second kappa shape index (κ2) is 62.5. The zero-order chi connectivity index (χ0) is 110. The third-order valence-corrected chi connectivity index (χ3v) is 27.5. The zero-order valence-corrected chi connectivity index (χ0v) is 87.2. The van der Waals surface area contributed by atoms with E-state index in [1.54, 1.807) is 41.5 Å². The molecule has 57 heteroatoms. The third kappa shape index (κ3) is 41.0. The number of thioether (sulfide) groups is 3. The summed E-state index contributed by atoms with van der Waals surface area (Å²) in [6, 6.07) is -22.7. The molecule has 0 radical (unpaired) electrons. The van der Waals surface area contributed by atoms with Gasteiger partial charge in [-0.25, -0.2) is 14.8 Å². The maximum absolute atomic E-state index is 15.2. The van der Waals surface area contributed by atoms with Gasteiger partial charge in [0, 0.05) is 92.5 Å². The SMILES string of the molecule is CC[C@H](C)[C@@H]1NC(=O)[C@H](CCCNC(=N)N)NC(=O)[C@@H]2CCCN2C(=O)[C@H](CC(C)C)NC(=O)[C@H](CC(C)C)NC(=O)[C@H](CO)NC(=O)[C@H](CO)NNC(=O)[C@@H]2CSCCC(=O)N3CN(CN(C3)C(=O)CCSC[C@@H](C(=O)N[C@@H](C)C(N)=O)NC(=O)[C@H](Cc3c[nH]cn3)NC1=O)C(=O)CCSC[C@H](NC(=O)[C@H](C)N)C(=O)N[C@@H](C(C)C)C(=O)N[C@@H](CCCNC(=N)N)C(=O)N[C@@H](CO)C(=O)N[C@@H](Cc1ccc(F)cc1)C(=O)N2. The van der Waals surface area contributed by atoms with E-state index in [4.69, 9.17) is 33.8 Å². The number of hydrazine groups is 1. The quantitative estimate of drug-likeness (QED) is 0.0224. The van der Waals surface area contributed by atoms with Crippen molar-refractivity contribution in [2.24, 2.45) is 46.6 Å². The van der Waals surface area contributed by atoms with Crippen molar-refractivity contribution in [2.75, 3.05) is 94.0 Å². The fraction of sp³-hybridized carbons (Fsp3) is 0.659. The molecule has 4 aliphatic heterocycles. The van der Waals surface area contributed by atoms with Gasteiger partial charge in [0.1, 0.15) is 102 Å². The summed E-state index contributed by atoms with van der Waals surface area (Å²) in [6.45, 7) is 10.8. The zero-order valence-electron chi connectivity index (χ0n) is 84.7. The molecular formula is C91H147FN30O23S3. The number of guanidine groups is 2. The van der Waals surface area contributed by atoms with Gasteiger partial charge in [0.2, 0.25) is 112 Å². The Morgan fingerprint density at radius 1 is 0.514 bits per heavy atom. The van der Waals surface area contributed by atoms with Crippen LogP contribution in [0.2, 0.25) is 0 Å². The number of imidazole rings is 1. The smallest absolute Gasteiger partial charge is 0.257 e. The normalized spacial score (nSPS) is 25.6. The van der Waals surface area contributed by atoms with Crippen LogP contribution in [0.25, 0.3) is 0 Å². The van der Waals surface area contributed by atoms with Crippen molar-refractivity contribution in [2.45, 2.75) is 262 Å². The van der Waals surface area contributed by atoms with Gasteiger partial charge in [0.05, 0.1) is 57.9 Å². The number of carbonyl (C=O) groups excluding carboxylic acids is 20. The van der Waals surface area contributed by atoms with Gasteiger partial charge in [0.25, 0.3) is 5.91 Å². The number of benzene rings is 1. The highest BCUT2D eigenvalue weighted by atomic mass is 32.2. The van der Waals surface area contributed by atoms with Gasteiger partial charge in [-0.15, -0.1) is 0 Å². The molecule has 2 aromatic rings. The number of nitrogens with two attached hydrogens (primary N) is 4. The van der Waals surface area contributed by atoms with Gasteiger partial charge in [-0.3, -0.25) is 112 Å². The second-order valence-electron chi connectivity index (χ2n) is 37.6. The first-order chi connectivity index (χ1) is 70.1. The number of aliphatic hydroxyl groups excluding tert-OH is 3. The highest BCUT2D eigenvalue weighted by Crippen LogP contribution is 2.25. The molecule has 148 heavy (non-hydrogen) atoms. The van der Waals surface area contributed by atoms with E-state index in [-0.39, 0.29) is 136 Å². The Morgan fingerprint density at radius 3 is 1.47 bits per heavy atom. The van der Waals surface area contributed by atoms with E-state index < -0.39 is 321 Å². The minimum atomic E-state index is -1.98. The van der Waals surface area contributed by atoms with Crippen LogP contribution in [-0.4, -0.2) is 372 Å². The maximum atomic E-state index is 15.2. The number of aromatic nitrogens is 2. The number of nitrogens with zero attached hydrogens (tertiary/aromatic N) is 5. The highest BCUT2D eigenvalue weighted by molar-refractivity contribution is 7.99. The van der Waals surface area contributed by atoms with E-state index >= 15 is 19.2 Å². The van der Waals surface area contributed by atoms with E-state index in [9.17, 15) is 96.4 Å². The molecule has 20 amide bonds. The summed E-state index contributed by atoms with van der Waals surface area (Å²) in [5.41, 5.74) is 27.6. The number of rotatable bonds is 27. The van der Waals surface area contributed by atoms with Crippen LogP contribution in [0.3, 0.4) is 0 Å². The largest absolute Gasteiger partial charge is 0.394 e. The number of halogens is 1. The summed E-state index contributed by atoms with van der Waals surface area (Å²) < 4.78 is 14.6. The number of primary amides is 1. The third-order valence-electron chi connectivity index (χ3n) is 24.3. The summed E-state index contributed by atoms with van der Waals surface area (Å²) in [5.74, 6) is -25.1. The summed E-state index contributed by atoms with van der Waals surface area (Å²) in [5, 5.41) is 89.1. The molecule has 4 aliphatic rings. The number of amides is 20. The van der Waals surface area contributed by atoms with E-state index in [1.807, 2.05) is 0 Å². The van der Waals surface area contributed by atoms with Crippen molar-refractivity contribution in [3.8, 4) is 0 Å². The number of aliphatic hydroxyl groups is 3. The van der Waals surface area contributed by atoms with Crippen molar-refractivity contribution in [1.82, 2.24) is 125 Å². The molecule has 0 saturated carbocycles. The Hall–Kier alpha value is -12.9. The molecular weight excluding hydrogens is 2000 g/mol. The topological polar surface area (TPSA) is 812 Å². The number of hydrogen-bond acceptors (Lipinski definition) is 31. The predicted octanol–water partition coefficient (Wildman–Crippen LogP) is -8.98. The van der Waals surface area contributed by atoms with Crippen molar-refractivity contribution < 1.29 is 116 Å². The minimum absolute atomic E-state index is 0.00889. The molecule has 53 nitrogen and oxygen atoms in total. The summed E-state index contributed by atoms with van der Waals surface area (Å²) in [7, 11) is 0. The summed E-state index contributed by atoms with van der Waals surface area (Å²) >= 11 is 2.74. The number of carbonyl (C=O) groups is 20. The van der Waals surface area contributed by atoms with Crippen LogP contribution < -0.4 is 119 Å². The maximum Gasteiger partial charge on any atom is 0.257 e. The molecule has 0 spiro atoms. The van der Waals surface area contributed by atoms with Crippen molar-refractivity contribution in [3.63, 3.8) is 0 Å². The average Bonchev–Trinajstić information content (AvgIpc) is 1.75. The molecule has 4 saturated heterocycles. The van der Waals surface area contributed by atoms with Gasteiger partial charge in [-0.05, 0) is 107 Å². The van der Waals surface area contributed by atoms with Crippen LogP contribution in [0.15, 0.2) is 36.8 Å². The molecule has 0 unspecified atom stereocenters. The first-order valence-electron chi connectivity index (χ1n) is 49.0. The van der Waals surface area contributed by atoms with Crippen molar-refractivity contribution in [3.05, 3.63) is 53.9 Å². The summed E-state index contributed by atoms with van der Waals surface area (Å²) in [6.07, 6.45) is 0.490. The molecule has 18 atom stereocenters. The van der Waals surface area contributed by atoms with Gasteiger partial charge >= 0.3 is 0 Å². The fourth-order valence-electron chi connectivity index (χ4n) is 15.7. The Balaban J connectivity index is 1.50. The van der Waals surface area contributed by atoms with Gasteiger partial charge in [-0.1, -0.05) is 73.9 Å². The van der Waals surface area contributed by atoms with Crippen molar-refractivity contribution >= 4 is 165 Å². The molecule has 4 fully saturated rings. The van der Waals surface area contributed by atoms with Crippen LogP contribution in [0.4, 0.5) is 4.39 Å². The first kappa shape index (κ1) is 124. The Labute approximate surface area is 869 Å². The predicted molar refractivity (Wildman–Crippen MR) is 541 cm³/mol. The molecule has 1 aromatic carbocycles. The monoisotopic (exact) mass is 2140 g/mol. The number of H-pyrrole nitrogens is 1. The number of aromatic amines is 1. The minimum Gasteiger partial charge on any atom is -0.394 e. The Morgan fingerprint density at radius 2 is 0.959 bits per heavy atom. The molecule has 0 aliphatic carbocycles. The number of hydrogen-bond donors (Lipinski definition) is 28. The standard InChI is InChI=1S/C91H147FN30O23S3/c1-11-49(8)72-88(144)108-59(34-54-35-99-42-102-54)79(135)113-64(83(139)103-51(10)73(94)129)39-146-28-22-68(126)119-43-120-45-121(44-119)70(128)24-30-148-41-66(85(141)118-117-63(38-125)82(138)111-62(37-124)80(136)106-57(31-46(2)3)77(133)109-60(32-47(4)5)89(145)122-27-14-17-67(122)86(142)104-56(76(132)116-72)16-13-26-101-91(97)98)114-78(134)58(33-52-18-20-53(92)21-19-52)107-81(137)61(36-123)110-75(131)55(15-12-25-100-90(95)96)105-87(143)71(48(6)7)115-84(140)65(112-74(130)50(9)93)40-147-29-23-69(120)127/h18-21,35,42,46-51,55-67,71-72,117,123-125H,11-17,22-34,36-41,43-45,93H2,1-10H3,(H2,94,129)(H,99,102)(H,103,139)(H,104,142)(H,105,143)(H,106,136)(H,107,137)(H,108,144)(H,109,133)(H,110,131)(H,111,138)(H,112,130)(H,113,135)(H,114,134)(H,115,140)(H,116,132)(H,118,141)(H4,95,96,100)(H4,97,98,101)/t49-,50-,51-,55-,56-,57-,58-,59-,60-,61-,62-,63-,64-,65-,66-,67-,71-,72-/m0/s1. The van der Waals surface area contributed by atoms with Crippen LogP contribution in [-0.2, 0) is 109 Å². The lowest BCUT2D eigenvalue weighted by atomic mass is 9.96. The molecule has 5 heterocycles. The lowest BCUT2D eigenvalue weighted by Crippen LogP contribution is -2.63. The van der Waals surface area contributed by atoms with Crippen LogP contribution in [0.1, 0.15) is 158 Å². The molecule has 824 valence electrons. The summed E-state index contributed by atoms with van der Waals surface area (Å²) in [4.78, 5) is 303. The van der Waals surface area contributed by atoms with Crippen molar-refractivity contribution in [1.29, 1.82) is 10.8 Å². The first-order valence-corrected chi connectivity index (χ1v) is 52.5. The van der Waals surface area contributed by atoms with Gasteiger partial charge in [-0.2, -0.15) is 35.3 Å². The van der Waals surface area contributed by atoms with Crippen LogP contribution >= 0.6 is 35.3 Å². The average molecular weight is 2140 g/mol. The Bertz CT molecular complexity index is 4900. The van der Waals surface area contributed by atoms with E-state index in [2.05, 4.69) is 106 Å². The fourth-order valence-corrected chi connectivity index (χ4v) is 18.5. The lowest BCUT2D eigenvalue weighted by Gasteiger charge is -2.42. The van der Waals surface area contributed by atoms with Gasteiger partial charge < -0.3 is 148 Å². The number of fused-ring (bicyclic) bond motifs is 8. The molecule has 6 rings (SSSR count). The lowest BCUT2D eigenvalue weighted by molar-refractivity contribution is -0.158.